The van der Waals surface area contributed by atoms with Crippen LogP contribution in [0.1, 0.15) is 44.2 Å². The number of amides is 1. The zero-order valence-corrected chi connectivity index (χ0v) is 13.5. The molecule has 0 aliphatic heterocycles. The summed E-state index contributed by atoms with van der Waals surface area (Å²) in [4.78, 5) is 22.7. The molecule has 0 fully saturated rings. The molecule has 2 rings (SSSR count). The maximum Gasteiger partial charge on any atom is 0.408 e. The zero-order chi connectivity index (χ0) is 17.2. The van der Waals surface area contributed by atoms with Crippen LogP contribution in [0.3, 0.4) is 0 Å². The molecule has 0 heterocycles. The predicted octanol–water partition coefficient (Wildman–Crippen LogP) is 3.15. The molecule has 1 amide bonds. The van der Waals surface area contributed by atoms with Crippen molar-refractivity contribution in [3.05, 3.63) is 39.4 Å². The molecule has 1 aliphatic carbocycles. The number of nitro benzene ring substituents is 1. The summed E-state index contributed by atoms with van der Waals surface area (Å²) in [6.07, 6.45) is 6.21. The number of hydrogen-bond acceptors (Lipinski definition) is 4. The third-order valence-electron chi connectivity index (χ3n) is 3.74. The van der Waals surface area contributed by atoms with Crippen molar-refractivity contribution in [1.29, 1.82) is 0 Å². The van der Waals surface area contributed by atoms with Gasteiger partial charge in [0, 0.05) is 17.5 Å². The van der Waals surface area contributed by atoms with Crippen LogP contribution < -0.4 is 5.32 Å². The Morgan fingerprint density at radius 2 is 2.22 bits per heavy atom. The number of ether oxygens (including phenoxy) is 1. The van der Waals surface area contributed by atoms with Gasteiger partial charge in [-0.15, -0.1) is 6.42 Å². The van der Waals surface area contributed by atoms with Gasteiger partial charge in [-0.05, 0) is 39.2 Å². The smallest absolute Gasteiger partial charge is 0.408 e. The van der Waals surface area contributed by atoms with Crippen LogP contribution >= 0.6 is 0 Å². The fraction of sp³-hybridized carbons (Fsp3) is 0.471. The van der Waals surface area contributed by atoms with Gasteiger partial charge in [0.2, 0.25) is 0 Å². The lowest BCUT2D eigenvalue weighted by Crippen LogP contribution is -2.41. The van der Waals surface area contributed by atoms with E-state index in [1.54, 1.807) is 26.8 Å². The molecule has 1 aromatic carbocycles. The Kier molecular flexibility index (Phi) is 4.60. The number of hydrogen-bond donors (Lipinski definition) is 1. The summed E-state index contributed by atoms with van der Waals surface area (Å²) in [5, 5.41) is 13.8. The fourth-order valence-electron chi connectivity index (χ4n) is 2.88. The summed E-state index contributed by atoms with van der Waals surface area (Å²) < 4.78 is 5.23. The number of carbonyl (C=O) groups is 1. The molecule has 23 heavy (non-hydrogen) atoms. The molecule has 0 aromatic heterocycles. The lowest BCUT2D eigenvalue weighted by molar-refractivity contribution is -0.385. The van der Waals surface area contributed by atoms with Gasteiger partial charge in [0.1, 0.15) is 11.6 Å². The number of nitrogens with zero attached hydrogens (tertiary/aromatic N) is 1. The molecule has 2 atom stereocenters. The van der Waals surface area contributed by atoms with E-state index in [-0.39, 0.29) is 16.5 Å². The summed E-state index contributed by atoms with van der Waals surface area (Å²) in [6.45, 7) is 5.31. The third-order valence-corrected chi connectivity index (χ3v) is 3.74. The Bertz CT molecular complexity index is 670. The molecule has 0 bridgehead atoms. The molecule has 0 spiro atoms. The van der Waals surface area contributed by atoms with Gasteiger partial charge in [-0.1, -0.05) is 18.1 Å². The Morgan fingerprint density at radius 3 is 2.78 bits per heavy atom. The standard InChI is InChI=1S/C17H20N2O4/c1-5-14(18-16(20)23-17(2,3)4)12-9-10-13-11(12)7-6-8-15(13)19(21)22/h1,6-8,12,14H,9-10H2,2-4H3,(H,18,20). The van der Waals surface area contributed by atoms with Gasteiger partial charge in [-0.2, -0.15) is 0 Å². The Morgan fingerprint density at radius 1 is 1.52 bits per heavy atom. The molecule has 0 radical (unpaired) electrons. The van der Waals surface area contributed by atoms with Gasteiger partial charge in [0.25, 0.3) is 5.69 Å². The first-order valence-electron chi connectivity index (χ1n) is 7.44. The van der Waals surface area contributed by atoms with Crippen molar-refractivity contribution in [2.24, 2.45) is 0 Å². The maximum atomic E-state index is 11.9. The van der Waals surface area contributed by atoms with E-state index in [0.717, 1.165) is 5.56 Å². The fourth-order valence-corrected chi connectivity index (χ4v) is 2.88. The van der Waals surface area contributed by atoms with Gasteiger partial charge in [-0.3, -0.25) is 10.1 Å². The van der Waals surface area contributed by atoms with Crippen LogP contribution in [0.15, 0.2) is 18.2 Å². The van der Waals surface area contributed by atoms with E-state index in [1.807, 2.05) is 6.07 Å². The topological polar surface area (TPSA) is 81.5 Å². The maximum absolute atomic E-state index is 11.9. The molecular formula is C17H20N2O4. The summed E-state index contributed by atoms with van der Waals surface area (Å²) in [5.74, 6) is 2.42. The molecular weight excluding hydrogens is 296 g/mol. The van der Waals surface area contributed by atoms with Crippen molar-refractivity contribution in [3.8, 4) is 12.3 Å². The summed E-state index contributed by atoms with van der Waals surface area (Å²) in [6, 6.07) is 4.42. The van der Waals surface area contributed by atoms with Crippen molar-refractivity contribution in [2.45, 2.75) is 51.2 Å². The van der Waals surface area contributed by atoms with Crippen molar-refractivity contribution in [1.82, 2.24) is 5.32 Å². The molecule has 6 nitrogen and oxygen atoms in total. The average Bonchev–Trinajstić information content (AvgIpc) is 2.86. The average molecular weight is 316 g/mol. The molecule has 1 aromatic rings. The normalized spacial score (nSPS) is 17.7. The molecule has 1 N–H and O–H groups in total. The number of alkyl carbamates (subject to hydrolysis) is 1. The molecule has 6 heteroatoms. The number of nitrogens with one attached hydrogen (secondary N) is 1. The van der Waals surface area contributed by atoms with Crippen molar-refractivity contribution in [2.75, 3.05) is 0 Å². The van der Waals surface area contributed by atoms with E-state index in [2.05, 4.69) is 11.2 Å². The minimum atomic E-state index is -0.615. The predicted molar refractivity (Wildman–Crippen MR) is 86.1 cm³/mol. The second-order valence-corrected chi connectivity index (χ2v) is 6.54. The van der Waals surface area contributed by atoms with E-state index < -0.39 is 17.7 Å². The highest BCUT2D eigenvalue weighted by Crippen LogP contribution is 2.39. The van der Waals surface area contributed by atoms with Crippen molar-refractivity contribution >= 4 is 11.8 Å². The van der Waals surface area contributed by atoms with E-state index in [9.17, 15) is 14.9 Å². The second kappa shape index (κ2) is 6.29. The quantitative estimate of drug-likeness (QED) is 0.527. The Labute approximate surface area is 135 Å². The number of terminal acetylenes is 1. The number of rotatable bonds is 3. The first-order valence-corrected chi connectivity index (χ1v) is 7.44. The van der Waals surface area contributed by atoms with E-state index in [4.69, 9.17) is 11.2 Å². The summed E-state index contributed by atoms with van der Waals surface area (Å²) in [5.41, 5.74) is 1.03. The van der Waals surface area contributed by atoms with Gasteiger partial charge in [0.05, 0.1) is 4.92 Å². The van der Waals surface area contributed by atoms with Crippen LogP contribution in [0, 0.1) is 22.5 Å². The second-order valence-electron chi connectivity index (χ2n) is 6.54. The minimum Gasteiger partial charge on any atom is -0.444 e. The van der Waals surface area contributed by atoms with Crippen LogP contribution in [0.2, 0.25) is 0 Å². The van der Waals surface area contributed by atoms with E-state index >= 15 is 0 Å². The Hall–Kier alpha value is -2.55. The Balaban J connectivity index is 2.21. The van der Waals surface area contributed by atoms with Crippen LogP contribution in [0.4, 0.5) is 10.5 Å². The molecule has 0 saturated carbocycles. The summed E-state index contributed by atoms with van der Waals surface area (Å²) in [7, 11) is 0. The van der Waals surface area contributed by atoms with Crippen LogP contribution in [-0.4, -0.2) is 22.7 Å². The molecule has 2 unspecified atom stereocenters. The van der Waals surface area contributed by atoms with Crippen LogP contribution in [0.25, 0.3) is 0 Å². The van der Waals surface area contributed by atoms with Gasteiger partial charge in [-0.25, -0.2) is 4.79 Å². The monoisotopic (exact) mass is 316 g/mol. The van der Waals surface area contributed by atoms with Crippen LogP contribution in [0.5, 0.6) is 0 Å². The first-order chi connectivity index (χ1) is 10.7. The van der Waals surface area contributed by atoms with E-state index in [1.165, 1.54) is 6.07 Å². The number of nitro groups is 1. The zero-order valence-electron chi connectivity index (χ0n) is 13.5. The molecule has 122 valence electrons. The number of carbonyl (C=O) groups excluding carboxylic acids is 1. The highest BCUT2D eigenvalue weighted by atomic mass is 16.6. The SMILES string of the molecule is C#CC(NC(=O)OC(C)(C)C)C1CCc2c1cccc2[N+](=O)[O-]. The largest absolute Gasteiger partial charge is 0.444 e. The molecule has 0 saturated heterocycles. The number of benzene rings is 1. The molecule has 1 aliphatic rings. The van der Waals surface area contributed by atoms with Gasteiger partial charge < -0.3 is 10.1 Å². The first kappa shape index (κ1) is 16.8. The van der Waals surface area contributed by atoms with E-state index in [0.29, 0.717) is 18.4 Å². The summed E-state index contributed by atoms with van der Waals surface area (Å²) >= 11 is 0. The number of fused-ring (bicyclic) bond motifs is 1. The van der Waals surface area contributed by atoms with Crippen LogP contribution in [-0.2, 0) is 11.2 Å². The van der Waals surface area contributed by atoms with Crippen molar-refractivity contribution < 1.29 is 14.5 Å². The lowest BCUT2D eigenvalue weighted by Gasteiger charge is -2.24. The minimum absolute atomic E-state index is 0.109. The lowest BCUT2D eigenvalue weighted by atomic mass is 9.93. The highest BCUT2D eigenvalue weighted by Gasteiger charge is 2.34. The van der Waals surface area contributed by atoms with Gasteiger partial charge >= 0.3 is 6.09 Å². The van der Waals surface area contributed by atoms with Crippen molar-refractivity contribution in [3.63, 3.8) is 0 Å². The highest BCUT2D eigenvalue weighted by molar-refractivity contribution is 5.69. The third kappa shape index (κ3) is 3.81. The van der Waals surface area contributed by atoms with Gasteiger partial charge in [0.15, 0.2) is 0 Å².